The van der Waals surface area contributed by atoms with Crippen LogP contribution in [0.25, 0.3) is 0 Å². The Balaban J connectivity index is 1.54. The molecule has 0 aromatic carbocycles. The molecule has 1 saturated carbocycles. The molecule has 2 heterocycles. The Labute approximate surface area is 170 Å². The van der Waals surface area contributed by atoms with Crippen molar-refractivity contribution in [2.75, 3.05) is 13.1 Å². The maximum absolute atomic E-state index is 12.7. The Morgan fingerprint density at radius 1 is 1.21 bits per heavy atom. The van der Waals surface area contributed by atoms with Crippen molar-refractivity contribution in [2.45, 2.75) is 68.2 Å². The predicted octanol–water partition coefficient (Wildman–Crippen LogP) is 2.53. The van der Waals surface area contributed by atoms with Crippen LogP contribution in [0.15, 0.2) is 21.7 Å². The number of thiophene rings is 1. The SMILES string of the molecule is CC(OC(=O)C1CCCN(S(=O)(=O)c2cccs2)C1)C(=O)NC1CCCCC1. The standard InChI is InChI=1S/C19H28N2O5S2/c1-14(18(22)20-16-8-3-2-4-9-16)26-19(23)15-7-5-11-21(13-15)28(24,25)17-10-6-12-27-17/h6,10,12,14-16H,2-5,7-9,11,13H2,1H3,(H,20,22). The van der Waals surface area contributed by atoms with Crippen LogP contribution < -0.4 is 5.32 Å². The van der Waals surface area contributed by atoms with Crippen LogP contribution in [0.5, 0.6) is 0 Å². The van der Waals surface area contributed by atoms with E-state index in [1.807, 2.05) is 0 Å². The van der Waals surface area contributed by atoms with E-state index in [1.165, 1.54) is 22.1 Å². The third kappa shape index (κ3) is 5.12. The minimum absolute atomic E-state index is 0.0933. The minimum atomic E-state index is -3.58. The van der Waals surface area contributed by atoms with Crippen LogP contribution in [0.2, 0.25) is 0 Å². The molecular formula is C19H28N2O5S2. The molecule has 1 aliphatic carbocycles. The zero-order valence-electron chi connectivity index (χ0n) is 16.1. The zero-order valence-corrected chi connectivity index (χ0v) is 17.8. The molecule has 1 amide bonds. The molecule has 7 nitrogen and oxygen atoms in total. The summed E-state index contributed by atoms with van der Waals surface area (Å²) < 4.78 is 32.4. The summed E-state index contributed by atoms with van der Waals surface area (Å²) in [5.74, 6) is -1.33. The van der Waals surface area contributed by atoms with E-state index in [2.05, 4.69) is 5.32 Å². The van der Waals surface area contributed by atoms with Gasteiger partial charge in [0.05, 0.1) is 5.92 Å². The van der Waals surface area contributed by atoms with Crippen molar-refractivity contribution >= 4 is 33.2 Å². The van der Waals surface area contributed by atoms with Gasteiger partial charge in [-0.15, -0.1) is 11.3 Å². The molecule has 2 fully saturated rings. The molecule has 9 heteroatoms. The van der Waals surface area contributed by atoms with Crippen molar-refractivity contribution in [3.63, 3.8) is 0 Å². The highest BCUT2D eigenvalue weighted by Crippen LogP contribution is 2.27. The summed E-state index contributed by atoms with van der Waals surface area (Å²) in [6, 6.07) is 3.42. The van der Waals surface area contributed by atoms with Gasteiger partial charge in [0, 0.05) is 19.1 Å². The average molecular weight is 429 g/mol. The van der Waals surface area contributed by atoms with Gasteiger partial charge < -0.3 is 10.1 Å². The second-order valence-corrected chi connectivity index (χ2v) is 10.7. The van der Waals surface area contributed by atoms with Crippen LogP contribution in [-0.2, 0) is 24.3 Å². The molecule has 1 aliphatic heterocycles. The first-order valence-electron chi connectivity index (χ1n) is 9.92. The Morgan fingerprint density at radius 2 is 1.96 bits per heavy atom. The largest absolute Gasteiger partial charge is 0.452 e. The fourth-order valence-electron chi connectivity index (χ4n) is 3.78. The summed E-state index contributed by atoms with van der Waals surface area (Å²) in [5.41, 5.74) is 0. The summed E-state index contributed by atoms with van der Waals surface area (Å²) >= 11 is 1.17. The van der Waals surface area contributed by atoms with Gasteiger partial charge in [0.2, 0.25) is 0 Å². The number of nitrogens with zero attached hydrogens (tertiary/aromatic N) is 1. The first kappa shape index (κ1) is 21.3. The Hall–Kier alpha value is -1.45. The highest BCUT2D eigenvalue weighted by molar-refractivity contribution is 7.91. The van der Waals surface area contributed by atoms with Crippen molar-refractivity contribution in [1.82, 2.24) is 9.62 Å². The van der Waals surface area contributed by atoms with E-state index in [4.69, 9.17) is 4.74 Å². The fourth-order valence-corrected chi connectivity index (χ4v) is 6.45. The zero-order chi connectivity index (χ0) is 20.1. The van der Waals surface area contributed by atoms with E-state index in [0.717, 1.165) is 25.7 Å². The summed E-state index contributed by atoms with van der Waals surface area (Å²) in [4.78, 5) is 24.9. The monoisotopic (exact) mass is 428 g/mol. The van der Waals surface area contributed by atoms with Crippen molar-refractivity contribution < 1.29 is 22.7 Å². The van der Waals surface area contributed by atoms with E-state index < -0.39 is 28.0 Å². The highest BCUT2D eigenvalue weighted by Gasteiger charge is 2.35. The van der Waals surface area contributed by atoms with Gasteiger partial charge in [-0.2, -0.15) is 4.31 Å². The van der Waals surface area contributed by atoms with E-state index in [1.54, 1.807) is 24.4 Å². The molecule has 0 bridgehead atoms. The number of carbonyl (C=O) groups is 2. The number of carbonyl (C=O) groups excluding carboxylic acids is 2. The first-order chi connectivity index (χ1) is 13.4. The average Bonchev–Trinajstić information content (AvgIpc) is 3.24. The van der Waals surface area contributed by atoms with E-state index in [0.29, 0.717) is 19.4 Å². The molecule has 1 aromatic heterocycles. The lowest BCUT2D eigenvalue weighted by atomic mass is 9.95. The van der Waals surface area contributed by atoms with Gasteiger partial charge in [0.15, 0.2) is 6.10 Å². The van der Waals surface area contributed by atoms with Gasteiger partial charge in [0.1, 0.15) is 4.21 Å². The quantitative estimate of drug-likeness (QED) is 0.703. The number of hydrogen-bond acceptors (Lipinski definition) is 6. The summed E-state index contributed by atoms with van der Waals surface area (Å²) in [6.07, 6.45) is 5.61. The summed E-state index contributed by atoms with van der Waals surface area (Å²) in [6.45, 7) is 2.05. The third-order valence-electron chi connectivity index (χ3n) is 5.42. The van der Waals surface area contributed by atoms with Crippen molar-refractivity contribution in [3.8, 4) is 0 Å². The second-order valence-electron chi connectivity index (χ2n) is 7.56. The van der Waals surface area contributed by atoms with Gasteiger partial charge >= 0.3 is 5.97 Å². The Kier molecular flexibility index (Phi) is 7.11. The van der Waals surface area contributed by atoms with E-state index >= 15 is 0 Å². The van der Waals surface area contributed by atoms with Crippen molar-refractivity contribution in [2.24, 2.45) is 5.92 Å². The molecule has 3 rings (SSSR count). The van der Waals surface area contributed by atoms with Gasteiger partial charge in [-0.05, 0) is 44.1 Å². The highest BCUT2D eigenvalue weighted by atomic mass is 32.2. The molecule has 1 aromatic rings. The van der Waals surface area contributed by atoms with Crippen LogP contribution in [0, 0.1) is 5.92 Å². The third-order valence-corrected chi connectivity index (χ3v) is 8.66. The number of amides is 1. The molecule has 156 valence electrons. The number of hydrogen-bond donors (Lipinski definition) is 1. The molecule has 28 heavy (non-hydrogen) atoms. The van der Waals surface area contributed by atoms with Crippen LogP contribution >= 0.6 is 11.3 Å². The maximum atomic E-state index is 12.7. The number of piperidine rings is 1. The van der Waals surface area contributed by atoms with Gasteiger partial charge in [-0.1, -0.05) is 25.3 Å². The normalized spacial score (nSPS) is 23.1. The fraction of sp³-hybridized carbons (Fsp3) is 0.684. The number of rotatable bonds is 6. The van der Waals surface area contributed by atoms with Crippen LogP contribution in [0.1, 0.15) is 51.9 Å². The topological polar surface area (TPSA) is 92.8 Å². The molecular weight excluding hydrogens is 400 g/mol. The summed E-state index contributed by atoms with van der Waals surface area (Å²) in [5, 5.41) is 4.67. The Morgan fingerprint density at radius 3 is 2.64 bits per heavy atom. The molecule has 1 N–H and O–H groups in total. The van der Waals surface area contributed by atoms with Crippen molar-refractivity contribution in [3.05, 3.63) is 17.5 Å². The van der Waals surface area contributed by atoms with Crippen LogP contribution in [-0.4, -0.2) is 49.8 Å². The number of ether oxygens (including phenoxy) is 1. The van der Waals surface area contributed by atoms with Crippen LogP contribution in [0.4, 0.5) is 0 Å². The van der Waals surface area contributed by atoms with Gasteiger partial charge in [0.25, 0.3) is 15.9 Å². The molecule has 1 saturated heterocycles. The second kappa shape index (κ2) is 9.37. The maximum Gasteiger partial charge on any atom is 0.311 e. The van der Waals surface area contributed by atoms with Crippen LogP contribution in [0.3, 0.4) is 0 Å². The molecule has 2 unspecified atom stereocenters. The Bertz CT molecular complexity index is 772. The number of nitrogens with one attached hydrogen (secondary N) is 1. The lowest BCUT2D eigenvalue weighted by Gasteiger charge is -2.31. The molecule has 2 atom stereocenters. The molecule has 0 radical (unpaired) electrons. The number of sulfonamides is 1. The van der Waals surface area contributed by atoms with E-state index in [9.17, 15) is 18.0 Å². The predicted molar refractivity (Wildman–Crippen MR) is 106 cm³/mol. The lowest BCUT2D eigenvalue weighted by Crippen LogP contribution is -2.46. The smallest absolute Gasteiger partial charge is 0.311 e. The number of esters is 1. The van der Waals surface area contributed by atoms with E-state index in [-0.39, 0.29) is 22.7 Å². The van der Waals surface area contributed by atoms with Crippen molar-refractivity contribution in [1.29, 1.82) is 0 Å². The van der Waals surface area contributed by atoms with Gasteiger partial charge in [-0.3, -0.25) is 9.59 Å². The first-order valence-corrected chi connectivity index (χ1v) is 12.2. The van der Waals surface area contributed by atoms with Gasteiger partial charge in [-0.25, -0.2) is 8.42 Å². The summed E-state index contributed by atoms with van der Waals surface area (Å²) in [7, 11) is -3.58. The molecule has 0 spiro atoms. The molecule has 2 aliphatic rings. The minimum Gasteiger partial charge on any atom is -0.452 e. The lowest BCUT2D eigenvalue weighted by molar-refractivity contribution is -0.160.